The molecular formula is C27H37FO7. The number of ether oxygens (including phenoxy) is 3. The zero-order valence-corrected chi connectivity index (χ0v) is 21.2. The number of halogens is 1. The number of hydrogen-bond donors (Lipinski definition) is 1. The second kappa shape index (κ2) is 7.93. The van der Waals surface area contributed by atoms with E-state index in [-0.39, 0.29) is 31.7 Å². The van der Waals surface area contributed by atoms with Crippen LogP contribution in [0.25, 0.3) is 0 Å². The van der Waals surface area contributed by atoms with Gasteiger partial charge < -0.3 is 19.3 Å². The zero-order valence-electron chi connectivity index (χ0n) is 21.2. The predicted octanol–water partition coefficient (Wildman–Crippen LogP) is 3.75. The Morgan fingerprint density at radius 1 is 1.20 bits per heavy atom. The molecule has 0 aromatic rings. The van der Waals surface area contributed by atoms with Gasteiger partial charge in [-0.15, -0.1) is 0 Å². The smallest absolute Gasteiger partial charge is 0.377 e. The summed E-state index contributed by atoms with van der Waals surface area (Å²) >= 11 is 0. The lowest BCUT2D eigenvalue weighted by Gasteiger charge is -2.69. The molecule has 35 heavy (non-hydrogen) atoms. The van der Waals surface area contributed by atoms with Crippen LogP contribution in [0.3, 0.4) is 0 Å². The molecule has 1 aliphatic heterocycles. The lowest BCUT2D eigenvalue weighted by atomic mass is 9.42. The average Bonchev–Trinajstić information content (AvgIpc) is 2.92. The van der Waals surface area contributed by atoms with Gasteiger partial charge in [-0.05, 0) is 57.9 Å². The number of carbonyl (C=O) groups is 3. The molecule has 0 aromatic heterocycles. The van der Waals surface area contributed by atoms with Crippen molar-refractivity contribution < 1.29 is 38.1 Å². The van der Waals surface area contributed by atoms with E-state index in [2.05, 4.69) is 0 Å². The van der Waals surface area contributed by atoms with Gasteiger partial charge >= 0.3 is 5.97 Å². The number of ketones is 2. The standard InChI is InChI=1S/C27H37FO7/c1-5-6-13-33-22(32)21(31)26-12-11-25(34-16(2)35-26)19-8-7-17-14-18(29)9-10-23(17,3)27(19,28)20(30)15-24(25,26)4/h14,16,19-20,30H,5-13,15H2,1-4H3/t16?,19-,20-,23-,24-,25+,26+,27-/m0/s1. The van der Waals surface area contributed by atoms with E-state index in [1.165, 1.54) is 0 Å². The number of aliphatic hydroxyl groups excluding tert-OH is 1. The Morgan fingerprint density at radius 3 is 2.66 bits per heavy atom. The molecule has 194 valence electrons. The molecule has 5 rings (SSSR count). The van der Waals surface area contributed by atoms with Crippen molar-refractivity contribution in [3.05, 3.63) is 11.6 Å². The van der Waals surface area contributed by atoms with Gasteiger partial charge in [0.05, 0.1) is 18.3 Å². The molecular weight excluding hydrogens is 455 g/mol. The molecule has 0 aromatic carbocycles. The van der Waals surface area contributed by atoms with Crippen LogP contribution in [0.5, 0.6) is 0 Å². The van der Waals surface area contributed by atoms with Gasteiger partial charge in [-0.1, -0.05) is 32.8 Å². The maximum atomic E-state index is 17.6. The number of esters is 1. The summed E-state index contributed by atoms with van der Waals surface area (Å²) in [4.78, 5) is 38.7. The first kappa shape index (κ1) is 25.0. The Kier molecular flexibility index (Phi) is 5.67. The third kappa shape index (κ3) is 2.90. The van der Waals surface area contributed by atoms with E-state index in [9.17, 15) is 19.5 Å². The molecule has 0 spiro atoms. The van der Waals surface area contributed by atoms with E-state index >= 15 is 4.39 Å². The van der Waals surface area contributed by atoms with Crippen LogP contribution in [-0.4, -0.2) is 58.5 Å². The number of fused-ring (bicyclic) bond motifs is 3. The lowest BCUT2D eigenvalue weighted by Crippen LogP contribution is -2.79. The molecule has 0 radical (unpaired) electrons. The SMILES string of the molecule is CCCCOC(=O)C(=O)[C@@]12CC[C@@]3(OC(C)O1)[C@@H]1CCC4=CC(=O)CC[C@]4(C)[C@@]1(F)[C@@H](O)C[C@]23C. The van der Waals surface area contributed by atoms with Crippen LogP contribution in [0, 0.1) is 16.7 Å². The molecule has 1 N–H and O–H groups in total. The Balaban J connectivity index is 1.59. The maximum absolute atomic E-state index is 17.6. The molecule has 1 unspecified atom stereocenters. The van der Waals surface area contributed by atoms with E-state index in [1.807, 2.05) is 20.8 Å². The van der Waals surface area contributed by atoms with Gasteiger partial charge in [-0.2, -0.15) is 0 Å². The van der Waals surface area contributed by atoms with Crippen molar-refractivity contribution in [2.75, 3.05) is 6.61 Å². The monoisotopic (exact) mass is 492 g/mol. The molecule has 4 aliphatic carbocycles. The van der Waals surface area contributed by atoms with Crippen LogP contribution >= 0.6 is 0 Å². The number of Topliss-reactive ketones (excluding diaryl/α,β-unsaturated/α-hetero) is 1. The first-order valence-corrected chi connectivity index (χ1v) is 13.1. The number of alkyl halides is 1. The Hall–Kier alpha value is -1.64. The molecule has 1 saturated heterocycles. The summed E-state index contributed by atoms with van der Waals surface area (Å²) < 4.78 is 35.5. The molecule has 0 amide bonds. The number of allylic oxidation sites excluding steroid dienone is 1. The normalized spacial score (nSPS) is 48.3. The predicted molar refractivity (Wildman–Crippen MR) is 123 cm³/mol. The molecule has 7 nitrogen and oxygen atoms in total. The first-order chi connectivity index (χ1) is 16.4. The number of carbonyl (C=O) groups excluding carboxylic acids is 3. The molecule has 5 aliphatic rings. The number of hydrogen-bond acceptors (Lipinski definition) is 7. The third-order valence-corrected chi connectivity index (χ3v) is 10.3. The van der Waals surface area contributed by atoms with E-state index < -0.39 is 57.8 Å². The van der Waals surface area contributed by atoms with E-state index in [0.29, 0.717) is 32.1 Å². The minimum absolute atomic E-state index is 0.00386. The second-order valence-electron chi connectivity index (χ2n) is 11.7. The van der Waals surface area contributed by atoms with Gasteiger partial charge in [-0.3, -0.25) is 9.59 Å². The van der Waals surface area contributed by atoms with Gasteiger partial charge in [-0.25, -0.2) is 9.18 Å². The molecule has 8 heteroatoms. The van der Waals surface area contributed by atoms with Gasteiger partial charge in [0.2, 0.25) is 0 Å². The average molecular weight is 493 g/mol. The van der Waals surface area contributed by atoms with Crippen LogP contribution in [0.4, 0.5) is 4.39 Å². The topological polar surface area (TPSA) is 99.1 Å². The largest absolute Gasteiger partial charge is 0.460 e. The molecule has 2 bridgehead atoms. The fourth-order valence-corrected chi connectivity index (χ4v) is 8.52. The summed E-state index contributed by atoms with van der Waals surface area (Å²) in [6.07, 6.45) is 2.75. The Labute approximate surface area is 205 Å². The Morgan fingerprint density at radius 2 is 1.94 bits per heavy atom. The van der Waals surface area contributed by atoms with E-state index in [0.717, 1.165) is 12.0 Å². The third-order valence-electron chi connectivity index (χ3n) is 10.3. The number of rotatable bonds is 5. The maximum Gasteiger partial charge on any atom is 0.377 e. The summed E-state index contributed by atoms with van der Waals surface area (Å²) in [5.74, 6) is -2.42. The van der Waals surface area contributed by atoms with Crippen molar-refractivity contribution in [1.29, 1.82) is 0 Å². The van der Waals surface area contributed by atoms with Crippen molar-refractivity contribution >= 4 is 17.5 Å². The minimum Gasteiger partial charge on any atom is -0.460 e. The van der Waals surface area contributed by atoms with Gasteiger partial charge in [0.25, 0.3) is 5.78 Å². The van der Waals surface area contributed by atoms with Crippen LogP contribution in [0.2, 0.25) is 0 Å². The van der Waals surface area contributed by atoms with Crippen LogP contribution in [-0.2, 0) is 28.6 Å². The second-order valence-corrected chi connectivity index (χ2v) is 11.7. The molecule has 4 fully saturated rings. The van der Waals surface area contributed by atoms with Crippen LogP contribution in [0.15, 0.2) is 11.6 Å². The summed E-state index contributed by atoms with van der Waals surface area (Å²) in [6, 6.07) is 0. The van der Waals surface area contributed by atoms with Gasteiger partial charge in [0.15, 0.2) is 17.7 Å². The summed E-state index contributed by atoms with van der Waals surface area (Å²) in [6.45, 7) is 7.42. The fraction of sp³-hybridized carbons (Fsp3) is 0.815. The van der Waals surface area contributed by atoms with E-state index in [1.54, 1.807) is 13.0 Å². The van der Waals surface area contributed by atoms with Crippen molar-refractivity contribution in [3.8, 4) is 0 Å². The van der Waals surface area contributed by atoms with E-state index in [4.69, 9.17) is 14.2 Å². The Bertz CT molecular complexity index is 994. The number of aliphatic hydroxyl groups is 1. The highest BCUT2D eigenvalue weighted by Crippen LogP contribution is 2.75. The fourth-order valence-electron chi connectivity index (χ4n) is 8.52. The van der Waals surface area contributed by atoms with Crippen LogP contribution < -0.4 is 0 Å². The lowest BCUT2D eigenvalue weighted by molar-refractivity contribution is -0.385. The summed E-state index contributed by atoms with van der Waals surface area (Å²) in [5, 5.41) is 11.5. The quantitative estimate of drug-likeness (QED) is 0.355. The summed E-state index contributed by atoms with van der Waals surface area (Å²) in [5.41, 5.74) is -6.03. The molecule has 3 saturated carbocycles. The van der Waals surface area contributed by atoms with Crippen molar-refractivity contribution in [2.24, 2.45) is 16.7 Å². The van der Waals surface area contributed by atoms with Crippen LogP contribution in [0.1, 0.15) is 85.5 Å². The van der Waals surface area contributed by atoms with Gasteiger partial charge in [0.1, 0.15) is 5.60 Å². The zero-order chi connectivity index (χ0) is 25.4. The highest BCUT2D eigenvalue weighted by Gasteiger charge is 2.83. The van der Waals surface area contributed by atoms with Crippen molar-refractivity contribution in [1.82, 2.24) is 0 Å². The molecule has 8 atom stereocenters. The highest BCUT2D eigenvalue weighted by atomic mass is 19.1. The summed E-state index contributed by atoms with van der Waals surface area (Å²) in [7, 11) is 0. The molecule has 1 heterocycles. The number of unbranched alkanes of at least 4 members (excludes halogenated alkanes) is 1. The minimum atomic E-state index is -2.03. The van der Waals surface area contributed by atoms with Gasteiger partial charge in [0, 0.05) is 23.2 Å². The first-order valence-electron chi connectivity index (χ1n) is 13.1. The van der Waals surface area contributed by atoms with Crippen molar-refractivity contribution in [2.45, 2.75) is 115 Å². The highest BCUT2D eigenvalue weighted by molar-refractivity contribution is 6.37. The van der Waals surface area contributed by atoms with Crippen molar-refractivity contribution in [3.63, 3.8) is 0 Å².